The normalized spacial score (nSPS) is 15.0. The summed E-state index contributed by atoms with van der Waals surface area (Å²) in [6.45, 7) is 4.10. The molecule has 0 aliphatic carbocycles. The Hall–Kier alpha value is -2.23. The minimum absolute atomic E-state index is 0.0521. The standard InChI is InChI=1S/C16H20N4O4S/c21-14(18-16-17-3-11-25-16)12-20(15(22)13-2-1-8-24-13)5-4-19-6-9-23-10-7-19/h1-3,8,11H,4-7,9-10,12H2,(H,17,18,21). The van der Waals surface area contributed by atoms with E-state index >= 15 is 0 Å². The maximum absolute atomic E-state index is 12.6. The molecule has 2 amide bonds. The second-order valence-electron chi connectivity index (χ2n) is 5.54. The summed E-state index contributed by atoms with van der Waals surface area (Å²) >= 11 is 1.33. The monoisotopic (exact) mass is 364 g/mol. The summed E-state index contributed by atoms with van der Waals surface area (Å²) in [6.07, 6.45) is 3.06. The Morgan fingerprint density at radius 1 is 1.36 bits per heavy atom. The lowest BCUT2D eigenvalue weighted by Crippen LogP contribution is -2.45. The van der Waals surface area contributed by atoms with Crippen LogP contribution in [0.2, 0.25) is 0 Å². The SMILES string of the molecule is O=C(CN(CCN1CCOCC1)C(=O)c1ccco1)Nc1nccs1. The Labute approximate surface area is 149 Å². The molecule has 25 heavy (non-hydrogen) atoms. The van der Waals surface area contributed by atoms with Crippen LogP contribution in [0.1, 0.15) is 10.6 Å². The second kappa shape index (κ2) is 8.75. The highest BCUT2D eigenvalue weighted by atomic mass is 32.1. The summed E-state index contributed by atoms with van der Waals surface area (Å²) < 4.78 is 10.5. The fraction of sp³-hybridized carbons (Fsp3) is 0.438. The van der Waals surface area contributed by atoms with E-state index in [4.69, 9.17) is 9.15 Å². The first-order valence-electron chi connectivity index (χ1n) is 8.04. The first kappa shape index (κ1) is 17.6. The highest BCUT2D eigenvalue weighted by Crippen LogP contribution is 2.11. The van der Waals surface area contributed by atoms with Crippen molar-refractivity contribution in [2.75, 3.05) is 51.3 Å². The molecule has 1 aliphatic rings. The third-order valence-electron chi connectivity index (χ3n) is 3.82. The molecular weight excluding hydrogens is 344 g/mol. The third kappa shape index (κ3) is 5.12. The second-order valence-corrected chi connectivity index (χ2v) is 6.44. The summed E-state index contributed by atoms with van der Waals surface area (Å²) in [4.78, 5) is 32.6. The van der Waals surface area contributed by atoms with Gasteiger partial charge in [0.1, 0.15) is 6.54 Å². The molecule has 2 aromatic heterocycles. The largest absolute Gasteiger partial charge is 0.459 e. The van der Waals surface area contributed by atoms with Gasteiger partial charge < -0.3 is 19.4 Å². The van der Waals surface area contributed by atoms with Crippen LogP contribution in [0, 0.1) is 0 Å². The molecule has 3 heterocycles. The molecular formula is C16H20N4O4S. The van der Waals surface area contributed by atoms with Gasteiger partial charge in [0, 0.05) is 37.8 Å². The Balaban J connectivity index is 1.60. The molecule has 0 spiro atoms. The molecule has 0 bridgehead atoms. The number of hydrogen-bond acceptors (Lipinski definition) is 7. The number of hydrogen-bond donors (Lipinski definition) is 1. The van der Waals surface area contributed by atoms with E-state index in [-0.39, 0.29) is 24.1 Å². The number of anilines is 1. The number of nitrogens with one attached hydrogen (secondary N) is 1. The molecule has 1 aliphatic heterocycles. The summed E-state index contributed by atoms with van der Waals surface area (Å²) in [7, 11) is 0. The Kier molecular flexibility index (Phi) is 6.15. The van der Waals surface area contributed by atoms with Crippen LogP contribution >= 0.6 is 11.3 Å². The zero-order chi connectivity index (χ0) is 17.5. The van der Waals surface area contributed by atoms with Crippen molar-refractivity contribution in [1.29, 1.82) is 0 Å². The number of carbonyl (C=O) groups is 2. The van der Waals surface area contributed by atoms with E-state index in [2.05, 4.69) is 15.2 Å². The number of morpholine rings is 1. The summed E-state index contributed by atoms with van der Waals surface area (Å²) in [5.74, 6) is -0.353. The molecule has 1 fully saturated rings. The molecule has 0 atom stereocenters. The first-order valence-corrected chi connectivity index (χ1v) is 8.92. The molecule has 1 saturated heterocycles. The van der Waals surface area contributed by atoms with Gasteiger partial charge in [-0.3, -0.25) is 14.5 Å². The van der Waals surface area contributed by atoms with Crippen molar-refractivity contribution in [2.24, 2.45) is 0 Å². The van der Waals surface area contributed by atoms with Crippen LogP contribution in [0.25, 0.3) is 0 Å². The summed E-state index contributed by atoms with van der Waals surface area (Å²) in [6, 6.07) is 3.26. The van der Waals surface area contributed by atoms with E-state index in [9.17, 15) is 9.59 Å². The van der Waals surface area contributed by atoms with Crippen LogP contribution in [0.3, 0.4) is 0 Å². The topological polar surface area (TPSA) is 87.9 Å². The van der Waals surface area contributed by atoms with E-state index < -0.39 is 0 Å². The van der Waals surface area contributed by atoms with Crippen LogP contribution < -0.4 is 5.32 Å². The predicted octanol–water partition coefficient (Wildman–Crippen LogP) is 1.15. The highest BCUT2D eigenvalue weighted by Gasteiger charge is 2.22. The number of furan rings is 1. The molecule has 134 valence electrons. The number of ether oxygens (including phenoxy) is 1. The molecule has 0 unspecified atom stereocenters. The van der Waals surface area contributed by atoms with Gasteiger partial charge >= 0.3 is 0 Å². The molecule has 9 heteroatoms. The maximum Gasteiger partial charge on any atom is 0.290 e. The predicted molar refractivity (Wildman–Crippen MR) is 92.6 cm³/mol. The maximum atomic E-state index is 12.6. The lowest BCUT2D eigenvalue weighted by molar-refractivity contribution is -0.117. The Bertz CT molecular complexity index is 668. The minimum Gasteiger partial charge on any atom is -0.459 e. The molecule has 1 N–H and O–H groups in total. The fourth-order valence-corrected chi connectivity index (χ4v) is 3.06. The molecule has 0 radical (unpaired) electrons. The van der Waals surface area contributed by atoms with Crippen LogP contribution in [0.5, 0.6) is 0 Å². The van der Waals surface area contributed by atoms with Crippen molar-refractivity contribution in [3.8, 4) is 0 Å². The van der Waals surface area contributed by atoms with E-state index in [1.165, 1.54) is 22.5 Å². The first-order chi connectivity index (χ1) is 12.2. The quantitative estimate of drug-likeness (QED) is 0.793. The average molecular weight is 364 g/mol. The Morgan fingerprint density at radius 2 is 2.20 bits per heavy atom. The number of thiazole rings is 1. The van der Waals surface area contributed by atoms with E-state index in [1.54, 1.807) is 23.7 Å². The molecule has 2 aromatic rings. The van der Waals surface area contributed by atoms with Crippen molar-refractivity contribution < 1.29 is 18.7 Å². The van der Waals surface area contributed by atoms with E-state index in [0.717, 1.165) is 13.1 Å². The van der Waals surface area contributed by atoms with Gasteiger partial charge in [-0.2, -0.15) is 0 Å². The lowest BCUT2D eigenvalue weighted by atomic mass is 10.3. The van der Waals surface area contributed by atoms with E-state index in [1.807, 2.05) is 0 Å². The number of amides is 2. The summed E-state index contributed by atoms with van der Waals surface area (Å²) in [5, 5.41) is 5.00. The van der Waals surface area contributed by atoms with Crippen molar-refractivity contribution in [3.63, 3.8) is 0 Å². The van der Waals surface area contributed by atoms with Gasteiger partial charge in [-0.05, 0) is 12.1 Å². The lowest BCUT2D eigenvalue weighted by Gasteiger charge is -2.29. The highest BCUT2D eigenvalue weighted by molar-refractivity contribution is 7.13. The molecule has 3 rings (SSSR count). The molecule has 8 nitrogen and oxygen atoms in total. The average Bonchev–Trinajstić information content (AvgIpc) is 3.32. The van der Waals surface area contributed by atoms with Gasteiger partial charge in [0.2, 0.25) is 5.91 Å². The number of nitrogens with zero attached hydrogens (tertiary/aromatic N) is 3. The van der Waals surface area contributed by atoms with Crippen LogP contribution in [-0.4, -0.2) is 72.5 Å². The minimum atomic E-state index is -0.299. The number of rotatable bonds is 7. The van der Waals surface area contributed by atoms with Crippen molar-refractivity contribution >= 4 is 28.3 Å². The van der Waals surface area contributed by atoms with Gasteiger partial charge in [0.05, 0.1) is 19.5 Å². The van der Waals surface area contributed by atoms with Gasteiger partial charge in [-0.15, -0.1) is 11.3 Å². The van der Waals surface area contributed by atoms with E-state index in [0.29, 0.717) is 31.4 Å². The van der Waals surface area contributed by atoms with Gasteiger partial charge in [0.15, 0.2) is 10.9 Å². The third-order valence-corrected chi connectivity index (χ3v) is 4.51. The summed E-state index contributed by atoms with van der Waals surface area (Å²) in [5.41, 5.74) is 0. The van der Waals surface area contributed by atoms with Crippen LogP contribution in [-0.2, 0) is 9.53 Å². The van der Waals surface area contributed by atoms with Gasteiger partial charge in [-0.1, -0.05) is 0 Å². The molecule has 0 saturated carbocycles. The zero-order valence-corrected chi connectivity index (χ0v) is 14.5. The van der Waals surface area contributed by atoms with Gasteiger partial charge in [0.25, 0.3) is 5.91 Å². The number of carbonyl (C=O) groups excluding carboxylic acids is 2. The smallest absolute Gasteiger partial charge is 0.290 e. The number of aromatic nitrogens is 1. The molecule has 0 aromatic carbocycles. The van der Waals surface area contributed by atoms with Crippen molar-refractivity contribution in [3.05, 3.63) is 35.7 Å². The Morgan fingerprint density at radius 3 is 2.88 bits per heavy atom. The fourth-order valence-electron chi connectivity index (χ4n) is 2.51. The van der Waals surface area contributed by atoms with Crippen LogP contribution in [0.4, 0.5) is 5.13 Å². The van der Waals surface area contributed by atoms with Crippen molar-refractivity contribution in [1.82, 2.24) is 14.8 Å². The zero-order valence-electron chi connectivity index (χ0n) is 13.7. The van der Waals surface area contributed by atoms with Crippen molar-refractivity contribution in [2.45, 2.75) is 0 Å². The van der Waals surface area contributed by atoms with Gasteiger partial charge in [-0.25, -0.2) is 4.98 Å². The van der Waals surface area contributed by atoms with Crippen LogP contribution in [0.15, 0.2) is 34.4 Å².